The predicted octanol–water partition coefficient (Wildman–Crippen LogP) is 2.63. The van der Waals surface area contributed by atoms with Crippen LogP contribution in [0.2, 0.25) is 0 Å². The number of hydrogen-bond acceptors (Lipinski definition) is 2. The molecule has 1 heterocycles. The third-order valence-corrected chi connectivity index (χ3v) is 3.53. The number of fused-ring (bicyclic) bond motifs is 1. The second-order valence-corrected chi connectivity index (χ2v) is 4.86. The van der Waals surface area contributed by atoms with Crippen LogP contribution in [0.4, 0.5) is 0 Å². The lowest BCUT2D eigenvalue weighted by atomic mass is 10.1. The highest BCUT2D eigenvalue weighted by Crippen LogP contribution is 2.19. The van der Waals surface area contributed by atoms with Gasteiger partial charge in [-0.2, -0.15) is 0 Å². The van der Waals surface area contributed by atoms with E-state index in [2.05, 4.69) is 10.3 Å². The molecular weight excluding hydrogens is 264 g/mol. The molecule has 0 saturated carbocycles. The summed E-state index contributed by atoms with van der Waals surface area (Å²) in [4.78, 5) is 15.5. The fourth-order valence-corrected chi connectivity index (χ4v) is 2.44. The lowest BCUT2D eigenvalue weighted by Gasteiger charge is -2.17. The molecule has 0 radical (unpaired) electrons. The van der Waals surface area contributed by atoms with Crippen molar-refractivity contribution in [2.24, 2.45) is 0 Å². The number of aliphatic hydroxyl groups excluding tert-OH is 1. The quantitative estimate of drug-likeness (QED) is 0.688. The van der Waals surface area contributed by atoms with Crippen LogP contribution >= 0.6 is 0 Å². The number of hydrogen-bond donors (Lipinski definition) is 3. The Labute approximate surface area is 122 Å². The molecule has 0 unspecified atom stereocenters. The molecule has 0 saturated heterocycles. The first kappa shape index (κ1) is 13.4. The van der Waals surface area contributed by atoms with Gasteiger partial charge in [-0.25, -0.2) is 0 Å². The van der Waals surface area contributed by atoms with Crippen LogP contribution < -0.4 is 5.32 Å². The molecule has 3 N–H and O–H groups in total. The summed E-state index contributed by atoms with van der Waals surface area (Å²) in [5, 5.41) is 13.3. The number of carbonyl (C=O) groups is 1. The van der Waals surface area contributed by atoms with Crippen LogP contribution in [-0.2, 0) is 0 Å². The first-order chi connectivity index (χ1) is 10.3. The van der Waals surface area contributed by atoms with E-state index in [9.17, 15) is 9.90 Å². The van der Waals surface area contributed by atoms with Gasteiger partial charge in [0.25, 0.3) is 5.91 Å². The van der Waals surface area contributed by atoms with Gasteiger partial charge in [0.05, 0.1) is 12.6 Å². The minimum Gasteiger partial charge on any atom is -0.394 e. The number of aliphatic hydroxyl groups is 1. The zero-order valence-electron chi connectivity index (χ0n) is 11.4. The number of carbonyl (C=O) groups excluding carboxylic acids is 1. The predicted molar refractivity (Wildman–Crippen MR) is 82.0 cm³/mol. The van der Waals surface area contributed by atoms with Gasteiger partial charge in [-0.15, -0.1) is 0 Å². The van der Waals surface area contributed by atoms with E-state index in [0.717, 1.165) is 16.5 Å². The summed E-state index contributed by atoms with van der Waals surface area (Å²) >= 11 is 0. The normalized spacial score (nSPS) is 12.2. The molecule has 0 bridgehead atoms. The number of rotatable bonds is 4. The van der Waals surface area contributed by atoms with E-state index in [1.54, 1.807) is 6.07 Å². The van der Waals surface area contributed by atoms with Crippen molar-refractivity contribution in [2.45, 2.75) is 6.04 Å². The van der Waals surface area contributed by atoms with E-state index >= 15 is 0 Å². The lowest BCUT2D eigenvalue weighted by Crippen LogP contribution is -2.30. The van der Waals surface area contributed by atoms with E-state index in [1.807, 2.05) is 54.7 Å². The Hall–Kier alpha value is -2.59. The second-order valence-electron chi connectivity index (χ2n) is 4.86. The van der Waals surface area contributed by atoms with Crippen LogP contribution in [0.5, 0.6) is 0 Å². The highest BCUT2D eigenvalue weighted by Gasteiger charge is 2.16. The summed E-state index contributed by atoms with van der Waals surface area (Å²) in [6.45, 7) is -0.140. The van der Waals surface area contributed by atoms with E-state index in [1.165, 1.54) is 0 Å². The van der Waals surface area contributed by atoms with Gasteiger partial charge < -0.3 is 15.4 Å². The number of aromatic nitrogens is 1. The molecule has 1 aromatic heterocycles. The Bertz CT molecular complexity index is 750. The topological polar surface area (TPSA) is 65.1 Å². The van der Waals surface area contributed by atoms with Gasteiger partial charge in [-0.05, 0) is 23.8 Å². The molecule has 3 aromatic rings. The van der Waals surface area contributed by atoms with Crippen LogP contribution in [0.15, 0.2) is 60.8 Å². The Morgan fingerprint density at radius 1 is 1.10 bits per heavy atom. The van der Waals surface area contributed by atoms with Crippen LogP contribution in [-0.4, -0.2) is 22.6 Å². The molecule has 1 amide bonds. The van der Waals surface area contributed by atoms with E-state index in [0.29, 0.717) is 5.56 Å². The highest BCUT2D eigenvalue weighted by atomic mass is 16.3. The van der Waals surface area contributed by atoms with Gasteiger partial charge in [0.15, 0.2) is 0 Å². The molecule has 3 rings (SSSR count). The summed E-state index contributed by atoms with van der Waals surface area (Å²) in [6, 6.07) is 16.5. The fourth-order valence-electron chi connectivity index (χ4n) is 2.44. The van der Waals surface area contributed by atoms with Crippen molar-refractivity contribution >= 4 is 16.8 Å². The van der Waals surface area contributed by atoms with E-state index in [4.69, 9.17) is 0 Å². The molecule has 0 aliphatic carbocycles. The van der Waals surface area contributed by atoms with Crippen molar-refractivity contribution in [3.63, 3.8) is 0 Å². The maximum Gasteiger partial charge on any atom is 0.252 e. The van der Waals surface area contributed by atoms with Gasteiger partial charge in [0, 0.05) is 22.7 Å². The number of amides is 1. The van der Waals surface area contributed by atoms with Gasteiger partial charge in [-0.3, -0.25) is 4.79 Å². The van der Waals surface area contributed by atoms with E-state index < -0.39 is 6.04 Å². The minimum atomic E-state index is -0.409. The monoisotopic (exact) mass is 280 g/mol. The highest BCUT2D eigenvalue weighted by molar-refractivity contribution is 6.06. The van der Waals surface area contributed by atoms with Crippen molar-refractivity contribution in [3.05, 3.63) is 71.9 Å². The largest absolute Gasteiger partial charge is 0.394 e. The van der Waals surface area contributed by atoms with Crippen LogP contribution in [0.25, 0.3) is 10.9 Å². The molecule has 0 fully saturated rings. The Morgan fingerprint density at radius 2 is 1.90 bits per heavy atom. The third-order valence-electron chi connectivity index (χ3n) is 3.53. The van der Waals surface area contributed by atoms with Crippen molar-refractivity contribution in [1.82, 2.24) is 10.3 Å². The summed E-state index contributed by atoms with van der Waals surface area (Å²) < 4.78 is 0. The Balaban J connectivity index is 1.87. The van der Waals surface area contributed by atoms with Gasteiger partial charge >= 0.3 is 0 Å². The molecule has 0 aliphatic rings. The molecule has 4 nitrogen and oxygen atoms in total. The van der Waals surface area contributed by atoms with E-state index in [-0.39, 0.29) is 12.5 Å². The first-order valence-electron chi connectivity index (χ1n) is 6.82. The van der Waals surface area contributed by atoms with Crippen molar-refractivity contribution < 1.29 is 9.90 Å². The molecule has 21 heavy (non-hydrogen) atoms. The van der Waals surface area contributed by atoms with Crippen LogP contribution in [0, 0.1) is 0 Å². The molecule has 0 spiro atoms. The Kier molecular flexibility index (Phi) is 3.71. The number of nitrogens with one attached hydrogen (secondary N) is 2. The smallest absolute Gasteiger partial charge is 0.252 e. The molecule has 106 valence electrons. The summed E-state index contributed by atoms with van der Waals surface area (Å²) in [7, 11) is 0. The standard InChI is InChI=1S/C17H16N2O2/c20-11-16(12-5-2-1-3-6-12)19-17(21)14-7-4-8-15-13(14)9-10-18-15/h1-10,16,18,20H,11H2,(H,19,21)/t16-/m0/s1. The van der Waals surface area contributed by atoms with Gasteiger partial charge in [-0.1, -0.05) is 36.4 Å². The molecule has 2 aromatic carbocycles. The first-order valence-corrected chi connectivity index (χ1v) is 6.82. The zero-order chi connectivity index (χ0) is 14.7. The fraction of sp³-hybridized carbons (Fsp3) is 0.118. The Morgan fingerprint density at radius 3 is 2.67 bits per heavy atom. The van der Waals surface area contributed by atoms with Gasteiger partial charge in [0.2, 0.25) is 0 Å². The lowest BCUT2D eigenvalue weighted by molar-refractivity contribution is 0.0918. The summed E-state index contributed by atoms with van der Waals surface area (Å²) in [6.07, 6.45) is 1.81. The zero-order valence-corrected chi connectivity index (χ0v) is 11.4. The van der Waals surface area contributed by atoms with Gasteiger partial charge in [0.1, 0.15) is 0 Å². The summed E-state index contributed by atoms with van der Waals surface area (Å²) in [5.74, 6) is -0.192. The van der Waals surface area contributed by atoms with Crippen molar-refractivity contribution in [3.8, 4) is 0 Å². The summed E-state index contributed by atoms with van der Waals surface area (Å²) in [5.41, 5.74) is 2.40. The minimum absolute atomic E-state index is 0.140. The van der Waals surface area contributed by atoms with Crippen LogP contribution in [0.3, 0.4) is 0 Å². The molecule has 0 aliphatic heterocycles. The number of benzene rings is 2. The maximum atomic E-state index is 12.5. The molecule has 4 heteroatoms. The average Bonchev–Trinajstić information content (AvgIpc) is 3.01. The second kappa shape index (κ2) is 5.81. The molecule has 1 atom stereocenters. The number of aromatic amines is 1. The van der Waals surface area contributed by atoms with Crippen molar-refractivity contribution in [2.75, 3.05) is 6.61 Å². The third kappa shape index (κ3) is 2.66. The molecular formula is C17H16N2O2. The SMILES string of the molecule is O=C(N[C@@H](CO)c1ccccc1)c1cccc2[nH]ccc12. The average molecular weight is 280 g/mol. The van der Waals surface area contributed by atoms with Crippen molar-refractivity contribution in [1.29, 1.82) is 0 Å². The maximum absolute atomic E-state index is 12.5. The van der Waals surface area contributed by atoms with Crippen LogP contribution in [0.1, 0.15) is 22.0 Å². The number of H-pyrrole nitrogens is 1.